The Balaban J connectivity index is 1.52. The van der Waals surface area contributed by atoms with Crippen molar-refractivity contribution >= 4 is 39.9 Å². The number of aliphatic hydroxyl groups is 2. The second-order valence-electron chi connectivity index (χ2n) is 17.6. The molecule has 1 unspecified atom stereocenters. The van der Waals surface area contributed by atoms with Crippen LogP contribution in [0.25, 0.3) is 10.8 Å². The molecule has 2 N–H and O–H groups in total. The molecule has 15 nitrogen and oxygen atoms in total. The van der Waals surface area contributed by atoms with Gasteiger partial charge in [-0.15, -0.1) is 0 Å². The first kappa shape index (κ1) is 44.8. The van der Waals surface area contributed by atoms with Crippen molar-refractivity contribution < 1.29 is 53.1 Å². The van der Waals surface area contributed by atoms with Gasteiger partial charge in [-0.2, -0.15) is 0 Å². The number of rotatable bonds is 6. The molecule has 324 valence electrons. The number of hydrogen-bond donors (Lipinski definition) is 2. The molecule has 0 radical (unpaired) electrons. The molecular formula is C44H62N4O11. The number of aliphatic hydroxyl groups excluding tert-OH is 1. The molecule has 3 fully saturated rings. The zero-order chi connectivity index (χ0) is 43.0. The van der Waals surface area contributed by atoms with Crippen molar-refractivity contribution in [2.45, 2.75) is 141 Å². The molecule has 0 saturated carbocycles. The summed E-state index contributed by atoms with van der Waals surface area (Å²) in [6.07, 6.45) is -4.43. The van der Waals surface area contributed by atoms with E-state index in [1.165, 1.54) is 13.8 Å². The Labute approximate surface area is 346 Å². The molecule has 1 amide bonds. The highest BCUT2D eigenvalue weighted by Gasteiger charge is 2.53. The van der Waals surface area contributed by atoms with Crippen molar-refractivity contribution in [3.8, 4) is 0 Å². The number of ketones is 1. The number of fused-ring (bicyclic) bond motifs is 5. The van der Waals surface area contributed by atoms with Gasteiger partial charge in [0, 0.05) is 41.6 Å². The van der Waals surface area contributed by atoms with E-state index in [1.54, 1.807) is 27.0 Å². The number of amides is 1. The average Bonchev–Trinajstić information content (AvgIpc) is 3.23. The van der Waals surface area contributed by atoms with Crippen LogP contribution in [0.5, 0.6) is 0 Å². The van der Waals surface area contributed by atoms with Gasteiger partial charge in [-0.25, -0.2) is 4.99 Å². The molecule has 1 aromatic carbocycles. The van der Waals surface area contributed by atoms with Crippen molar-refractivity contribution in [3.63, 3.8) is 0 Å². The first-order chi connectivity index (χ1) is 27.9. The molecule has 4 bridgehead atoms. The summed E-state index contributed by atoms with van der Waals surface area (Å²) < 4.78 is 32.5. The molecule has 0 aliphatic carbocycles. The maximum Gasteiger partial charge on any atom is 0.316 e. The van der Waals surface area contributed by atoms with Crippen LogP contribution in [-0.4, -0.2) is 137 Å². The van der Waals surface area contributed by atoms with E-state index in [-0.39, 0.29) is 50.3 Å². The van der Waals surface area contributed by atoms with E-state index in [0.29, 0.717) is 17.8 Å². The highest BCUT2D eigenvalue weighted by atomic mass is 16.7. The predicted molar refractivity (Wildman–Crippen MR) is 219 cm³/mol. The molecule has 4 aliphatic rings. The van der Waals surface area contributed by atoms with Gasteiger partial charge in [0.1, 0.15) is 29.4 Å². The fraction of sp³-hybridized carbons (Fsp3) is 0.682. The Bertz CT molecular complexity index is 1910. The third kappa shape index (κ3) is 9.31. The molecule has 14 atom stereocenters. The standard InChI is InChI=1S/C44H62N4O11/c1-11-34-44(8,53)39-25(4)35-23(2)20-43(7,38(26(5)36(49)27(6)41(52)57-34)58-42-37(50)32(48(9)10)18-24(3)56-42)55-22-29(21-54-39)47-59-33(40(51)46-35)19-31-30-15-13-12-14-28(30)16-17-45-31/h12-17,23-27,32-34,37-39,42,50,53H,11,18-22H2,1-10H3/b46-35?,47-29+/t23-,24-,25-,26+,27-,32+,33?,34-,37-,38-,39+,42+,43-,44-/m1/s1. The first-order valence-electron chi connectivity index (χ1n) is 20.9. The molecule has 0 spiro atoms. The number of carbonyl (C=O) groups is 3. The Kier molecular flexibility index (Phi) is 13.8. The van der Waals surface area contributed by atoms with Gasteiger partial charge < -0.3 is 43.6 Å². The van der Waals surface area contributed by atoms with Gasteiger partial charge in [-0.3, -0.25) is 19.4 Å². The smallest absolute Gasteiger partial charge is 0.316 e. The summed E-state index contributed by atoms with van der Waals surface area (Å²) >= 11 is 0. The second kappa shape index (κ2) is 18.1. The van der Waals surface area contributed by atoms with Gasteiger partial charge in [0.2, 0.25) is 6.10 Å². The van der Waals surface area contributed by atoms with E-state index in [0.717, 1.165) is 10.8 Å². The van der Waals surface area contributed by atoms with E-state index in [2.05, 4.69) is 10.1 Å². The maximum absolute atomic E-state index is 14.5. The van der Waals surface area contributed by atoms with Gasteiger partial charge >= 0.3 is 5.97 Å². The van der Waals surface area contributed by atoms with E-state index < -0.39 is 89.3 Å². The fourth-order valence-corrected chi connectivity index (χ4v) is 9.45. The monoisotopic (exact) mass is 822 g/mol. The van der Waals surface area contributed by atoms with Crippen molar-refractivity contribution in [1.82, 2.24) is 9.88 Å². The van der Waals surface area contributed by atoms with Gasteiger partial charge in [0.05, 0.1) is 42.8 Å². The number of pyridine rings is 1. The third-order valence-corrected chi connectivity index (χ3v) is 12.8. The number of esters is 1. The molecule has 15 heteroatoms. The topological polar surface area (TPSA) is 188 Å². The number of nitrogens with zero attached hydrogens (tertiary/aromatic N) is 4. The summed E-state index contributed by atoms with van der Waals surface area (Å²) in [5.74, 6) is -5.47. The number of ether oxygens (including phenoxy) is 5. The summed E-state index contributed by atoms with van der Waals surface area (Å²) in [4.78, 5) is 60.3. The minimum absolute atomic E-state index is 0.0642. The molecule has 5 heterocycles. The number of carbonyl (C=O) groups excluding carboxylic acids is 3. The van der Waals surface area contributed by atoms with Crippen molar-refractivity contribution in [2.24, 2.45) is 33.8 Å². The third-order valence-electron chi connectivity index (χ3n) is 12.8. The molecule has 59 heavy (non-hydrogen) atoms. The Morgan fingerprint density at radius 2 is 1.73 bits per heavy atom. The van der Waals surface area contributed by atoms with Crippen LogP contribution in [0.15, 0.2) is 46.7 Å². The number of cyclic esters (lactones) is 1. The van der Waals surface area contributed by atoms with Crippen LogP contribution < -0.4 is 0 Å². The molecule has 3 saturated heterocycles. The van der Waals surface area contributed by atoms with Gasteiger partial charge in [0.15, 0.2) is 12.1 Å². The van der Waals surface area contributed by atoms with Crippen molar-refractivity contribution in [3.05, 3.63) is 42.2 Å². The zero-order valence-electron chi connectivity index (χ0n) is 36.0. The first-order valence-corrected chi connectivity index (χ1v) is 20.9. The quantitative estimate of drug-likeness (QED) is 0.314. The molecular weight excluding hydrogens is 761 g/mol. The van der Waals surface area contributed by atoms with Crippen molar-refractivity contribution in [2.75, 3.05) is 27.3 Å². The summed E-state index contributed by atoms with van der Waals surface area (Å²) in [6.45, 7) is 13.5. The molecule has 4 aliphatic heterocycles. The summed E-state index contributed by atoms with van der Waals surface area (Å²) in [5.41, 5.74) is -1.96. The minimum Gasteiger partial charge on any atom is -0.459 e. The second-order valence-corrected chi connectivity index (χ2v) is 17.6. The predicted octanol–water partition coefficient (Wildman–Crippen LogP) is 4.08. The lowest BCUT2D eigenvalue weighted by Crippen LogP contribution is -2.60. The summed E-state index contributed by atoms with van der Waals surface area (Å²) in [6, 6.07) is 9.32. The van der Waals surface area contributed by atoms with E-state index >= 15 is 0 Å². The summed E-state index contributed by atoms with van der Waals surface area (Å²) in [7, 11) is 3.74. The Morgan fingerprint density at radius 3 is 2.44 bits per heavy atom. The number of aromatic nitrogens is 1. The molecule has 6 rings (SSSR count). The SMILES string of the molecule is CC[C@H]1OC(=O)[C@H](C)C(=O)[C@H](C)[C@@H](O[C@@H]2O[C@H](C)C[C@H](N(C)C)[C@H]2O)[C@@]2(C)C[C@@H](C)C3=NC(=O)C(Cc4nccc5ccccc45)O/N=C(\CO[C@@H]([C@@H]3C)[C@]1(C)O)CO2. The lowest BCUT2D eigenvalue weighted by molar-refractivity contribution is -0.296. The number of hydrogen-bond acceptors (Lipinski definition) is 14. The van der Waals surface area contributed by atoms with Crippen molar-refractivity contribution in [1.29, 1.82) is 0 Å². The van der Waals surface area contributed by atoms with Crippen LogP contribution >= 0.6 is 0 Å². The molecule has 1 aromatic heterocycles. The number of oxime groups is 1. The van der Waals surface area contributed by atoms with E-state index in [1.807, 2.05) is 70.1 Å². The van der Waals surface area contributed by atoms with Crippen LogP contribution in [0.1, 0.15) is 80.3 Å². The number of likely N-dealkylation sites (N-methyl/N-ethyl adjacent to an activating group) is 1. The average molecular weight is 823 g/mol. The zero-order valence-corrected chi connectivity index (χ0v) is 36.0. The van der Waals surface area contributed by atoms with Crippen LogP contribution in [-0.2, 0) is 49.3 Å². The van der Waals surface area contributed by atoms with E-state index in [9.17, 15) is 24.6 Å². The number of aliphatic imine (C=N–C) groups is 1. The largest absolute Gasteiger partial charge is 0.459 e. The normalized spacial score (nSPS) is 40.0. The number of Topliss-reactive ketones (excluding diaryl/α,β-unsaturated/α-hetero) is 1. The van der Waals surface area contributed by atoms with Gasteiger partial charge in [0.25, 0.3) is 5.91 Å². The molecule has 2 aromatic rings. The van der Waals surface area contributed by atoms with Crippen LogP contribution in [0.3, 0.4) is 0 Å². The minimum atomic E-state index is -1.84. The highest BCUT2D eigenvalue weighted by Crippen LogP contribution is 2.40. The lowest BCUT2D eigenvalue weighted by atomic mass is 9.73. The van der Waals surface area contributed by atoms with Crippen LogP contribution in [0.2, 0.25) is 0 Å². The van der Waals surface area contributed by atoms with Crippen LogP contribution in [0, 0.1) is 23.7 Å². The Hall–Kier alpha value is -3.70. The number of benzene rings is 1. The lowest BCUT2D eigenvalue weighted by Gasteiger charge is -2.47. The van der Waals surface area contributed by atoms with Gasteiger partial charge in [-0.1, -0.05) is 57.1 Å². The summed E-state index contributed by atoms with van der Waals surface area (Å²) in [5, 5.41) is 30.4. The Morgan fingerprint density at radius 1 is 1.00 bits per heavy atom. The van der Waals surface area contributed by atoms with Crippen LogP contribution in [0.4, 0.5) is 0 Å². The fourth-order valence-electron chi connectivity index (χ4n) is 9.45. The highest BCUT2D eigenvalue weighted by molar-refractivity contribution is 6.01. The maximum atomic E-state index is 14.5. The van der Waals surface area contributed by atoms with Gasteiger partial charge in [-0.05, 0) is 78.4 Å². The van der Waals surface area contributed by atoms with E-state index in [4.69, 9.17) is 33.5 Å².